The van der Waals surface area contributed by atoms with Crippen molar-refractivity contribution in [3.8, 4) is 0 Å². The fourth-order valence-electron chi connectivity index (χ4n) is 3.30. The van der Waals surface area contributed by atoms with Crippen molar-refractivity contribution in [2.24, 2.45) is 0 Å². The van der Waals surface area contributed by atoms with E-state index in [-0.39, 0.29) is 42.1 Å². The topological polar surface area (TPSA) is 228 Å². The summed E-state index contributed by atoms with van der Waals surface area (Å²) in [5.74, 6) is -5.66. The zero-order valence-corrected chi connectivity index (χ0v) is 24.3. The zero-order chi connectivity index (χ0) is 33.6. The maximum atomic E-state index is 11.7. The molecule has 0 aromatic heterocycles. The number of carboxylic acid groups (broad SMARTS) is 2. The average Bonchev–Trinajstić information content (AvgIpc) is 3.05. The van der Waals surface area contributed by atoms with Crippen molar-refractivity contribution < 1.29 is 64.4 Å². The number of aliphatic carboxylic acids is 2. The summed E-state index contributed by atoms with van der Waals surface area (Å²) in [6.45, 7) is 0.315. The molecule has 4 atom stereocenters. The van der Waals surface area contributed by atoms with Gasteiger partial charge < -0.3 is 45.2 Å². The summed E-state index contributed by atoms with van der Waals surface area (Å²) in [4.78, 5) is 43.0. The smallest absolute Gasteiger partial charge is 0.338 e. The van der Waals surface area contributed by atoms with Crippen molar-refractivity contribution in [1.82, 2.24) is 0 Å². The SMILES string of the molecule is C.C.C.O=C(O)[C@H](O)[C@@H](O)C(=O)O.O=C(OCCc1ccccc1)[C@H](O)[C@@H](O)C(=O)OCCc1ccccc1.OCCc1ccccc1. The lowest BCUT2D eigenvalue weighted by Gasteiger charge is -2.16. The van der Waals surface area contributed by atoms with Crippen molar-refractivity contribution in [3.63, 3.8) is 0 Å². The number of aliphatic hydroxyl groups is 5. The lowest BCUT2D eigenvalue weighted by atomic mass is 10.1. The third-order valence-electron chi connectivity index (χ3n) is 5.79. The highest BCUT2D eigenvalue weighted by Gasteiger charge is 2.33. The molecule has 0 spiro atoms. The molecule has 0 saturated heterocycles. The first-order valence-corrected chi connectivity index (χ1v) is 13.7. The van der Waals surface area contributed by atoms with Crippen molar-refractivity contribution in [3.05, 3.63) is 108 Å². The minimum atomic E-state index is -2.27. The first kappa shape index (κ1) is 47.7. The van der Waals surface area contributed by atoms with E-state index in [9.17, 15) is 29.4 Å². The number of carbonyl (C=O) groups excluding carboxylic acids is 2. The molecule has 268 valence electrons. The maximum absolute atomic E-state index is 11.7. The van der Waals surface area contributed by atoms with Gasteiger partial charge >= 0.3 is 23.9 Å². The Morgan fingerprint density at radius 3 is 1.00 bits per heavy atom. The van der Waals surface area contributed by atoms with Gasteiger partial charge in [-0.3, -0.25) is 0 Å². The molecule has 48 heavy (non-hydrogen) atoms. The Balaban J connectivity index is -0.000000763. The number of carbonyl (C=O) groups is 4. The van der Waals surface area contributed by atoms with Crippen LogP contribution in [0.4, 0.5) is 0 Å². The Labute approximate surface area is 281 Å². The lowest BCUT2D eigenvalue weighted by Crippen LogP contribution is -2.42. The van der Waals surface area contributed by atoms with Gasteiger partial charge in [0.05, 0.1) is 13.2 Å². The summed E-state index contributed by atoms with van der Waals surface area (Å²) < 4.78 is 9.79. The molecule has 0 fully saturated rings. The van der Waals surface area contributed by atoms with Crippen molar-refractivity contribution in [2.45, 2.75) is 66.0 Å². The summed E-state index contributed by atoms with van der Waals surface area (Å²) in [5.41, 5.74) is 3.13. The predicted octanol–water partition coefficient (Wildman–Crippen LogP) is 2.29. The molecule has 0 aliphatic carbocycles. The zero-order valence-electron chi connectivity index (χ0n) is 24.3. The second kappa shape index (κ2) is 27.5. The van der Waals surface area contributed by atoms with E-state index in [0.717, 1.165) is 17.5 Å². The summed E-state index contributed by atoms with van der Waals surface area (Å²) in [5, 5.41) is 60.5. The summed E-state index contributed by atoms with van der Waals surface area (Å²) in [6.07, 6.45) is -6.78. The number of carboxylic acids is 2. The largest absolute Gasteiger partial charge is 0.479 e. The quantitative estimate of drug-likeness (QED) is 0.122. The molecule has 0 bridgehead atoms. The van der Waals surface area contributed by atoms with Crippen LogP contribution >= 0.6 is 0 Å². The number of esters is 2. The highest BCUT2D eigenvalue weighted by atomic mass is 16.6. The molecule has 0 saturated carbocycles. The van der Waals surface area contributed by atoms with E-state index in [1.165, 1.54) is 5.56 Å². The summed E-state index contributed by atoms with van der Waals surface area (Å²) in [7, 11) is 0. The molecule has 13 nitrogen and oxygen atoms in total. The maximum Gasteiger partial charge on any atom is 0.338 e. The number of hydrogen-bond acceptors (Lipinski definition) is 11. The van der Waals surface area contributed by atoms with Crippen molar-refractivity contribution >= 4 is 23.9 Å². The van der Waals surface area contributed by atoms with E-state index in [1.54, 1.807) is 0 Å². The van der Waals surface area contributed by atoms with Gasteiger partial charge in [0.2, 0.25) is 0 Å². The van der Waals surface area contributed by atoms with Crippen LogP contribution in [0.2, 0.25) is 0 Å². The van der Waals surface area contributed by atoms with Crippen LogP contribution in [0.25, 0.3) is 0 Å². The minimum absolute atomic E-state index is 0. The number of aliphatic hydroxyl groups excluding tert-OH is 5. The molecule has 3 aromatic carbocycles. The van der Waals surface area contributed by atoms with Crippen molar-refractivity contribution in [2.75, 3.05) is 19.8 Å². The Morgan fingerprint density at radius 2 is 0.750 bits per heavy atom. The molecule has 0 aliphatic heterocycles. The van der Waals surface area contributed by atoms with Crippen LogP contribution in [-0.4, -0.2) is 104 Å². The Bertz CT molecular complexity index is 1190. The monoisotopic (exact) mass is 678 g/mol. The van der Waals surface area contributed by atoms with Gasteiger partial charge in [0.15, 0.2) is 24.4 Å². The molecule has 0 unspecified atom stereocenters. The molecule has 0 aliphatic rings. The fraction of sp³-hybridized carbons (Fsp3) is 0.371. The Morgan fingerprint density at radius 1 is 0.479 bits per heavy atom. The van der Waals surface area contributed by atoms with Crippen LogP contribution in [0.15, 0.2) is 91.0 Å². The summed E-state index contributed by atoms with van der Waals surface area (Å²) in [6, 6.07) is 28.7. The van der Waals surface area contributed by atoms with E-state index in [0.29, 0.717) is 12.8 Å². The van der Waals surface area contributed by atoms with Crippen LogP contribution in [-0.2, 0) is 47.9 Å². The fourth-order valence-corrected chi connectivity index (χ4v) is 3.30. The number of ether oxygens (including phenoxy) is 2. The van der Waals surface area contributed by atoms with Gasteiger partial charge in [0, 0.05) is 19.4 Å². The normalized spacial score (nSPS) is 12.0. The molecule has 3 aromatic rings. The number of hydrogen-bond donors (Lipinski definition) is 7. The second-order valence-electron chi connectivity index (χ2n) is 9.22. The van der Waals surface area contributed by atoms with Crippen LogP contribution < -0.4 is 0 Å². The standard InChI is InChI=1S/C20H22O6.C8H10O.C4H6O6.3CH4/c21-17(19(23)25-13-11-15-7-3-1-4-8-15)18(22)20(24)26-14-12-16-9-5-2-6-10-16;9-7-6-8-4-2-1-3-5-8;5-1(3(7)8)2(6)4(9)10;;;/h1-10,17-18,21-22H,11-14H2;1-5,9H,6-7H2;1-2,5-6H,(H,7,8)(H,9,10);3*1H4/t17-,18-;;1-,2-;;;/m1.1.../s1. The number of rotatable bonds is 14. The molecule has 7 N–H and O–H groups in total. The first-order valence-electron chi connectivity index (χ1n) is 13.7. The number of benzene rings is 3. The molecule has 0 amide bonds. The van der Waals surface area contributed by atoms with Crippen LogP contribution in [0.1, 0.15) is 39.0 Å². The molecule has 3 rings (SSSR count). The predicted molar refractivity (Wildman–Crippen MR) is 179 cm³/mol. The van der Waals surface area contributed by atoms with Crippen LogP contribution in [0.3, 0.4) is 0 Å². The van der Waals surface area contributed by atoms with Gasteiger partial charge in [0.1, 0.15) is 0 Å². The van der Waals surface area contributed by atoms with Crippen LogP contribution in [0.5, 0.6) is 0 Å². The molecule has 0 heterocycles. The Hall–Kier alpha value is -4.66. The van der Waals surface area contributed by atoms with Crippen LogP contribution in [0, 0.1) is 0 Å². The Kier molecular flexibility index (Phi) is 27.3. The van der Waals surface area contributed by atoms with E-state index < -0.39 is 48.3 Å². The average molecular weight is 679 g/mol. The molecule has 0 radical (unpaired) electrons. The highest BCUT2D eigenvalue weighted by Crippen LogP contribution is 2.05. The van der Waals surface area contributed by atoms with Gasteiger partial charge in [-0.2, -0.15) is 0 Å². The van der Waals surface area contributed by atoms with E-state index in [4.69, 9.17) is 35.0 Å². The van der Waals surface area contributed by atoms with E-state index in [2.05, 4.69) is 0 Å². The van der Waals surface area contributed by atoms with Crippen molar-refractivity contribution in [1.29, 1.82) is 0 Å². The van der Waals surface area contributed by atoms with E-state index >= 15 is 0 Å². The highest BCUT2D eigenvalue weighted by molar-refractivity contribution is 5.85. The molecular weight excluding hydrogens is 628 g/mol. The molecule has 13 heteroatoms. The lowest BCUT2D eigenvalue weighted by molar-refractivity contribution is -0.173. The second-order valence-corrected chi connectivity index (χ2v) is 9.22. The van der Waals surface area contributed by atoms with Gasteiger partial charge in [-0.05, 0) is 23.1 Å². The van der Waals surface area contributed by atoms with Gasteiger partial charge in [0.25, 0.3) is 0 Å². The van der Waals surface area contributed by atoms with Gasteiger partial charge in [-0.25, -0.2) is 19.2 Å². The van der Waals surface area contributed by atoms with Gasteiger partial charge in [-0.1, -0.05) is 113 Å². The molecular formula is C35H50O13. The first-order chi connectivity index (χ1) is 21.5. The third kappa shape index (κ3) is 19.8. The summed E-state index contributed by atoms with van der Waals surface area (Å²) >= 11 is 0. The third-order valence-corrected chi connectivity index (χ3v) is 5.79. The van der Waals surface area contributed by atoms with Gasteiger partial charge in [-0.15, -0.1) is 0 Å². The minimum Gasteiger partial charge on any atom is -0.479 e. The van der Waals surface area contributed by atoms with E-state index in [1.807, 2.05) is 91.0 Å².